The van der Waals surface area contributed by atoms with Gasteiger partial charge in [0.15, 0.2) is 5.69 Å². The number of rotatable bonds is 2. The van der Waals surface area contributed by atoms with Gasteiger partial charge in [-0.25, -0.2) is 0 Å². The lowest BCUT2D eigenvalue weighted by atomic mass is 10.0. The van der Waals surface area contributed by atoms with Gasteiger partial charge in [-0.3, -0.25) is 9.89 Å². The molecule has 0 radical (unpaired) electrons. The first-order valence-electron chi connectivity index (χ1n) is 7.87. The molecule has 1 unspecified atom stereocenters. The van der Waals surface area contributed by atoms with Gasteiger partial charge in [-0.1, -0.05) is 24.3 Å². The molecule has 0 spiro atoms. The lowest BCUT2D eigenvalue weighted by Crippen LogP contribution is -2.32. The molecule has 22 heavy (non-hydrogen) atoms. The molecule has 2 heterocycles. The molecular formula is C17H20N4O. The first-order valence-corrected chi connectivity index (χ1v) is 7.87. The van der Waals surface area contributed by atoms with E-state index in [4.69, 9.17) is 0 Å². The quantitative estimate of drug-likeness (QED) is 0.888. The minimum atomic E-state index is 0.0166. The van der Waals surface area contributed by atoms with Crippen molar-refractivity contribution in [3.8, 4) is 0 Å². The van der Waals surface area contributed by atoms with E-state index in [1.54, 1.807) is 0 Å². The minimum Gasteiger partial charge on any atom is -0.333 e. The van der Waals surface area contributed by atoms with Crippen LogP contribution in [0.25, 0.3) is 0 Å². The smallest absolute Gasteiger partial charge is 0.274 e. The molecule has 1 aromatic carbocycles. The van der Waals surface area contributed by atoms with Crippen LogP contribution in [-0.2, 0) is 19.4 Å². The Bertz CT molecular complexity index is 721. The van der Waals surface area contributed by atoms with Crippen LogP contribution < -0.4 is 5.32 Å². The summed E-state index contributed by atoms with van der Waals surface area (Å²) in [4.78, 5) is 14.7. The zero-order valence-corrected chi connectivity index (χ0v) is 12.7. The first-order chi connectivity index (χ1) is 10.8. The monoisotopic (exact) mass is 296 g/mol. The lowest BCUT2D eigenvalue weighted by molar-refractivity contribution is 0.0723. The second-order valence-electron chi connectivity index (χ2n) is 6.13. The second kappa shape index (κ2) is 5.25. The van der Waals surface area contributed by atoms with Crippen molar-refractivity contribution in [1.29, 1.82) is 0 Å². The second-order valence-corrected chi connectivity index (χ2v) is 6.13. The molecule has 2 aliphatic rings. The third-order valence-electron chi connectivity index (χ3n) is 4.90. The molecule has 0 saturated heterocycles. The van der Waals surface area contributed by atoms with Crippen molar-refractivity contribution in [2.75, 3.05) is 13.6 Å². The number of amides is 1. The summed E-state index contributed by atoms with van der Waals surface area (Å²) in [7, 11) is 1.90. The summed E-state index contributed by atoms with van der Waals surface area (Å²) in [6, 6.07) is 8.58. The topological polar surface area (TPSA) is 61.0 Å². The van der Waals surface area contributed by atoms with Crippen molar-refractivity contribution in [2.24, 2.45) is 0 Å². The van der Waals surface area contributed by atoms with Crippen LogP contribution in [0.5, 0.6) is 0 Å². The average Bonchev–Trinajstić information content (AvgIpc) is 3.17. The number of nitrogens with one attached hydrogen (secondary N) is 2. The number of hydrogen-bond acceptors (Lipinski definition) is 3. The standard InChI is InChI=1S/C17H20N4O/c1-21(15-7-6-11-4-2-3-5-12(11)15)17(22)16-13-10-18-9-8-14(13)19-20-16/h2-5,15,18H,6-10H2,1H3,(H,19,20). The van der Waals surface area contributed by atoms with E-state index in [2.05, 4.69) is 39.8 Å². The number of H-pyrrole nitrogens is 1. The van der Waals surface area contributed by atoms with Crippen molar-refractivity contribution in [2.45, 2.75) is 31.8 Å². The van der Waals surface area contributed by atoms with E-state index in [1.165, 1.54) is 11.1 Å². The maximum atomic E-state index is 12.9. The number of carbonyl (C=O) groups excluding carboxylic acids is 1. The van der Waals surface area contributed by atoms with Crippen LogP contribution in [0.3, 0.4) is 0 Å². The van der Waals surface area contributed by atoms with E-state index in [1.807, 2.05) is 11.9 Å². The number of hydrogen-bond donors (Lipinski definition) is 2. The number of aryl methyl sites for hydroxylation is 1. The summed E-state index contributed by atoms with van der Waals surface area (Å²) in [6.07, 6.45) is 2.94. The highest BCUT2D eigenvalue weighted by Crippen LogP contribution is 2.35. The highest BCUT2D eigenvalue weighted by atomic mass is 16.2. The third kappa shape index (κ3) is 2.04. The van der Waals surface area contributed by atoms with Gasteiger partial charge in [-0.15, -0.1) is 0 Å². The fraction of sp³-hybridized carbons (Fsp3) is 0.412. The van der Waals surface area contributed by atoms with Gasteiger partial charge >= 0.3 is 0 Å². The Morgan fingerprint density at radius 3 is 3.09 bits per heavy atom. The number of fused-ring (bicyclic) bond motifs is 2. The molecule has 1 amide bonds. The average molecular weight is 296 g/mol. The van der Waals surface area contributed by atoms with Gasteiger partial charge in [0, 0.05) is 37.8 Å². The SMILES string of the molecule is CN(C(=O)c1n[nH]c2c1CNCC2)C1CCc2ccccc21. The van der Waals surface area contributed by atoms with Gasteiger partial charge < -0.3 is 10.2 Å². The zero-order chi connectivity index (χ0) is 15.1. The number of carbonyl (C=O) groups is 1. The summed E-state index contributed by atoms with van der Waals surface area (Å²) in [5, 5.41) is 10.6. The third-order valence-corrected chi connectivity index (χ3v) is 4.90. The molecule has 1 aromatic heterocycles. The zero-order valence-electron chi connectivity index (χ0n) is 12.7. The van der Waals surface area contributed by atoms with E-state index < -0.39 is 0 Å². The normalized spacial score (nSPS) is 19.6. The fourth-order valence-electron chi connectivity index (χ4n) is 3.65. The van der Waals surface area contributed by atoms with Crippen LogP contribution in [0.15, 0.2) is 24.3 Å². The molecule has 1 aliphatic carbocycles. The van der Waals surface area contributed by atoms with Crippen LogP contribution in [0.1, 0.15) is 45.3 Å². The largest absolute Gasteiger partial charge is 0.333 e. The van der Waals surface area contributed by atoms with Crippen molar-refractivity contribution >= 4 is 5.91 Å². The van der Waals surface area contributed by atoms with E-state index in [0.717, 1.165) is 43.6 Å². The van der Waals surface area contributed by atoms with E-state index in [0.29, 0.717) is 5.69 Å². The van der Waals surface area contributed by atoms with Crippen molar-refractivity contribution < 1.29 is 4.79 Å². The number of nitrogens with zero attached hydrogens (tertiary/aromatic N) is 2. The predicted molar refractivity (Wildman–Crippen MR) is 83.6 cm³/mol. The van der Waals surface area contributed by atoms with Crippen LogP contribution in [-0.4, -0.2) is 34.6 Å². The molecule has 5 nitrogen and oxygen atoms in total. The predicted octanol–water partition coefficient (Wildman–Crippen LogP) is 1.81. The Labute approximate surface area is 129 Å². The Morgan fingerprint density at radius 2 is 2.18 bits per heavy atom. The molecule has 1 atom stereocenters. The summed E-state index contributed by atoms with van der Waals surface area (Å²) in [5.41, 5.74) is 5.35. The van der Waals surface area contributed by atoms with Gasteiger partial charge in [-0.05, 0) is 24.0 Å². The lowest BCUT2D eigenvalue weighted by Gasteiger charge is -2.25. The first kappa shape index (κ1) is 13.5. The molecule has 0 saturated carbocycles. The molecule has 2 aromatic rings. The van der Waals surface area contributed by atoms with Crippen LogP contribution in [0.4, 0.5) is 0 Å². The fourth-order valence-corrected chi connectivity index (χ4v) is 3.65. The van der Waals surface area contributed by atoms with Crippen molar-refractivity contribution in [3.63, 3.8) is 0 Å². The van der Waals surface area contributed by atoms with Crippen LogP contribution in [0.2, 0.25) is 0 Å². The molecule has 5 heteroatoms. The van der Waals surface area contributed by atoms with Gasteiger partial charge in [0.05, 0.1) is 6.04 Å². The summed E-state index contributed by atoms with van der Waals surface area (Å²) >= 11 is 0. The Hall–Kier alpha value is -2.14. The van der Waals surface area contributed by atoms with Crippen LogP contribution in [0, 0.1) is 0 Å². The molecule has 0 bridgehead atoms. The Morgan fingerprint density at radius 1 is 1.32 bits per heavy atom. The van der Waals surface area contributed by atoms with Crippen molar-refractivity contribution in [3.05, 3.63) is 52.3 Å². The summed E-state index contributed by atoms with van der Waals surface area (Å²) < 4.78 is 0. The highest BCUT2D eigenvalue weighted by molar-refractivity contribution is 5.94. The molecule has 0 fully saturated rings. The number of aromatic amines is 1. The molecule has 2 N–H and O–H groups in total. The Balaban J connectivity index is 1.62. The number of benzene rings is 1. The van der Waals surface area contributed by atoms with E-state index >= 15 is 0 Å². The molecule has 114 valence electrons. The maximum Gasteiger partial charge on any atom is 0.274 e. The maximum absolute atomic E-state index is 12.9. The van der Waals surface area contributed by atoms with E-state index in [-0.39, 0.29) is 11.9 Å². The minimum absolute atomic E-state index is 0.0166. The Kier molecular flexibility index (Phi) is 3.22. The summed E-state index contributed by atoms with van der Waals surface area (Å²) in [5.74, 6) is 0.0166. The van der Waals surface area contributed by atoms with Gasteiger partial charge in [0.2, 0.25) is 0 Å². The van der Waals surface area contributed by atoms with Crippen LogP contribution >= 0.6 is 0 Å². The molecular weight excluding hydrogens is 276 g/mol. The van der Waals surface area contributed by atoms with Gasteiger partial charge in [0.25, 0.3) is 5.91 Å². The van der Waals surface area contributed by atoms with Crippen molar-refractivity contribution in [1.82, 2.24) is 20.4 Å². The molecule has 4 rings (SSSR count). The van der Waals surface area contributed by atoms with Gasteiger partial charge in [0.1, 0.15) is 0 Å². The van der Waals surface area contributed by atoms with E-state index in [9.17, 15) is 4.79 Å². The summed E-state index contributed by atoms with van der Waals surface area (Å²) in [6.45, 7) is 1.66. The number of aromatic nitrogens is 2. The van der Waals surface area contributed by atoms with Gasteiger partial charge in [-0.2, -0.15) is 5.10 Å². The molecule has 1 aliphatic heterocycles. The highest BCUT2D eigenvalue weighted by Gasteiger charge is 2.31.